The average molecular weight is 307 g/mol. The van der Waals surface area contributed by atoms with E-state index in [2.05, 4.69) is 5.32 Å². The molecule has 0 saturated carbocycles. The van der Waals surface area contributed by atoms with Crippen molar-refractivity contribution in [2.45, 2.75) is 0 Å². The van der Waals surface area contributed by atoms with E-state index < -0.39 is 0 Å². The summed E-state index contributed by atoms with van der Waals surface area (Å²) in [7, 11) is 3.07. The highest BCUT2D eigenvalue weighted by Crippen LogP contribution is 2.30. The predicted octanol–water partition coefficient (Wildman–Crippen LogP) is 3.19. The molecule has 3 N–H and O–H groups in total. The SMILES string of the molecule is COc1ccc(NC(=O)c2cccc(Cl)c2N)c(OC)c1. The Morgan fingerprint density at radius 1 is 1.19 bits per heavy atom. The Morgan fingerprint density at radius 2 is 1.95 bits per heavy atom. The minimum atomic E-state index is -0.363. The van der Waals surface area contributed by atoms with Gasteiger partial charge in [0.2, 0.25) is 0 Å². The minimum Gasteiger partial charge on any atom is -0.497 e. The zero-order chi connectivity index (χ0) is 15.4. The number of para-hydroxylation sites is 1. The van der Waals surface area contributed by atoms with Crippen molar-refractivity contribution in [3.8, 4) is 11.5 Å². The van der Waals surface area contributed by atoms with Gasteiger partial charge in [-0.2, -0.15) is 0 Å². The monoisotopic (exact) mass is 306 g/mol. The second-order valence-electron chi connectivity index (χ2n) is 4.22. The second kappa shape index (κ2) is 6.37. The summed E-state index contributed by atoms with van der Waals surface area (Å²) in [4.78, 5) is 12.3. The van der Waals surface area contributed by atoms with E-state index in [1.807, 2.05) is 0 Å². The highest BCUT2D eigenvalue weighted by Gasteiger charge is 2.14. The summed E-state index contributed by atoms with van der Waals surface area (Å²) < 4.78 is 10.3. The van der Waals surface area contributed by atoms with Crippen LogP contribution in [0.15, 0.2) is 36.4 Å². The Labute approximate surface area is 127 Å². The fourth-order valence-electron chi connectivity index (χ4n) is 1.83. The average Bonchev–Trinajstić information content (AvgIpc) is 2.50. The second-order valence-corrected chi connectivity index (χ2v) is 4.63. The molecule has 0 fully saturated rings. The molecular weight excluding hydrogens is 292 g/mol. The third kappa shape index (κ3) is 3.20. The lowest BCUT2D eigenvalue weighted by atomic mass is 10.1. The van der Waals surface area contributed by atoms with Gasteiger partial charge in [0.15, 0.2) is 0 Å². The van der Waals surface area contributed by atoms with Crippen LogP contribution in [0.2, 0.25) is 5.02 Å². The predicted molar refractivity (Wildman–Crippen MR) is 83.4 cm³/mol. The number of amides is 1. The summed E-state index contributed by atoms with van der Waals surface area (Å²) in [5.41, 5.74) is 6.87. The standard InChI is InChI=1S/C15H15ClN2O3/c1-20-9-6-7-12(13(8-9)21-2)18-15(19)10-4-3-5-11(16)14(10)17/h3-8H,17H2,1-2H3,(H,18,19). The summed E-state index contributed by atoms with van der Waals surface area (Å²) in [6, 6.07) is 9.99. The molecule has 0 aliphatic heterocycles. The van der Waals surface area contributed by atoms with Gasteiger partial charge in [-0.3, -0.25) is 4.79 Å². The van der Waals surface area contributed by atoms with Crippen LogP contribution in [0.5, 0.6) is 11.5 Å². The molecule has 0 saturated heterocycles. The molecule has 2 rings (SSSR count). The molecule has 0 heterocycles. The normalized spacial score (nSPS) is 10.0. The fraction of sp³-hybridized carbons (Fsp3) is 0.133. The van der Waals surface area contributed by atoms with Crippen LogP contribution in [-0.2, 0) is 0 Å². The van der Waals surface area contributed by atoms with Gasteiger partial charge in [-0.15, -0.1) is 0 Å². The van der Waals surface area contributed by atoms with Crippen LogP contribution in [0.3, 0.4) is 0 Å². The van der Waals surface area contributed by atoms with Crippen molar-refractivity contribution in [2.75, 3.05) is 25.3 Å². The number of anilines is 2. The van der Waals surface area contributed by atoms with Crippen LogP contribution in [0.4, 0.5) is 11.4 Å². The molecule has 2 aromatic carbocycles. The first kappa shape index (κ1) is 15.0. The van der Waals surface area contributed by atoms with Crippen LogP contribution in [0.1, 0.15) is 10.4 Å². The third-order valence-corrected chi connectivity index (χ3v) is 3.28. The molecule has 0 bridgehead atoms. The highest BCUT2D eigenvalue weighted by atomic mass is 35.5. The first-order chi connectivity index (χ1) is 10.1. The van der Waals surface area contributed by atoms with Gasteiger partial charge in [-0.1, -0.05) is 17.7 Å². The molecule has 1 amide bonds. The van der Waals surface area contributed by atoms with E-state index in [1.54, 1.807) is 43.5 Å². The molecule has 2 aromatic rings. The molecule has 110 valence electrons. The maximum atomic E-state index is 12.3. The molecular formula is C15H15ClN2O3. The number of nitrogen functional groups attached to an aromatic ring is 1. The molecule has 0 radical (unpaired) electrons. The highest BCUT2D eigenvalue weighted by molar-refractivity contribution is 6.34. The van der Waals surface area contributed by atoms with E-state index >= 15 is 0 Å². The van der Waals surface area contributed by atoms with Crippen molar-refractivity contribution in [2.24, 2.45) is 0 Å². The smallest absolute Gasteiger partial charge is 0.257 e. The molecule has 0 aliphatic rings. The van der Waals surface area contributed by atoms with Crippen LogP contribution < -0.4 is 20.5 Å². The van der Waals surface area contributed by atoms with Gasteiger partial charge >= 0.3 is 0 Å². The summed E-state index contributed by atoms with van der Waals surface area (Å²) in [5, 5.41) is 3.08. The van der Waals surface area contributed by atoms with E-state index in [9.17, 15) is 4.79 Å². The first-order valence-electron chi connectivity index (χ1n) is 6.14. The minimum absolute atomic E-state index is 0.240. The van der Waals surface area contributed by atoms with Crippen molar-refractivity contribution >= 4 is 28.9 Å². The van der Waals surface area contributed by atoms with Crippen LogP contribution >= 0.6 is 11.6 Å². The van der Waals surface area contributed by atoms with Crippen molar-refractivity contribution in [3.05, 3.63) is 47.0 Å². The largest absolute Gasteiger partial charge is 0.497 e. The molecule has 5 nitrogen and oxygen atoms in total. The zero-order valence-corrected chi connectivity index (χ0v) is 12.4. The number of hydrogen-bond acceptors (Lipinski definition) is 4. The zero-order valence-electron chi connectivity index (χ0n) is 11.6. The number of benzene rings is 2. The van der Waals surface area contributed by atoms with E-state index in [0.717, 1.165) is 0 Å². The van der Waals surface area contributed by atoms with Gasteiger partial charge in [0.25, 0.3) is 5.91 Å². The Balaban J connectivity index is 2.29. The van der Waals surface area contributed by atoms with Gasteiger partial charge in [0, 0.05) is 6.07 Å². The molecule has 0 aliphatic carbocycles. The summed E-state index contributed by atoms with van der Waals surface area (Å²) in [6.45, 7) is 0. The number of rotatable bonds is 4. The molecule has 0 aromatic heterocycles. The Bertz CT molecular complexity index is 674. The van der Waals surface area contributed by atoms with Crippen molar-refractivity contribution in [1.82, 2.24) is 0 Å². The number of ether oxygens (including phenoxy) is 2. The molecule has 21 heavy (non-hydrogen) atoms. The lowest BCUT2D eigenvalue weighted by Crippen LogP contribution is -2.14. The number of carbonyl (C=O) groups is 1. The van der Waals surface area contributed by atoms with E-state index in [0.29, 0.717) is 27.8 Å². The van der Waals surface area contributed by atoms with Crippen LogP contribution in [-0.4, -0.2) is 20.1 Å². The fourth-order valence-corrected chi connectivity index (χ4v) is 2.00. The van der Waals surface area contributed by atoms with Crippen molar-refractivity contribution < 1.29 is 14.3 Å². The summed E-state index contributed by atoms with van der Waals surface area (Å²) >= 11 is 5.91. The lowest BCUT2D eigenvalue weighted by Gasteiger charge is -2.12. The van der Waals surface area contributed by atoms with Gasteiger partial charge in [-0.25, -0.2) is 0 Å². The topological polar surface area (TPSA) is 73.6 Å². The number of carbonyl (C=O) groups excluding carboxylic acids is 1. The maximum Gasteiger partial charge on any atom is 0.257 e. The number of nitrogens with one attached hydrogen (secondary N) is 1. The molecule has 0 atom stereocenters. The molecule has 6 heteroatoms. The van der Waals surface area contributed by atoms with Crippen LogP contribution in [0, 0.1) is 0 Å². The van der Waals surface area contributed by atoms with Crippen molar-refractivity contribution in [1.29, 1.82) is 0 Å². The number of nitrogens with two attached hydrogens (primary N) is 1. The Kier molecular flexibility index (Phi) is 4.55. The van der Waals surface area contributed by atoms with E-state index in [-0.39, 0.29) is 11.6 Å². The number of hydrogen-bond donors (Lipinski definition) is 2. The quantitative estimate of drug-likeness (QED) is 0.851. The van der Waals surface area contributed by atoms with Gasteiger partial charge in [0.05, 0.1) is 36.2 Å². The third-order valence-electron chi connectivity index (χ3n) is 2.95. The summed E-state index contributed by atoms with van der Waals surface area (Å²) in [6.07, 6.45) is 0. The van der Waals surface area contributed by atoms with Gasteiger partial charge in [0.1, 0.15) is 11.5 Å². The van der Waals surface area contributed by atoms with Crippen LogP contribution in [0.25, 0.3) is 0 Å². The van der Waals surface area contributed by atoms with Gasteiger partial charge in [-0.05, 0) is 24.3 Å². The van der Waals surface area contributed by atoms with Gasteiger partial charge < -0.3 is 20.5 Å². The van der Waals surface area contributed by atoms with E-state index in [1.165, 1.54) is 7.11 Å². The maximum absolute atomic E-state index is 12.3. The van der Waals surface area contributed by atoms with Crippen molar-refractivity contribution in [3.63, 3.8) is 0 Å². The summed E-state index contributed by atoms with van der Waals surface area (Å²) in [5.74, 6) is 0.758. The Hall–Kier alpha value is -2.40. The Morgan fingerprint density at radius 3 is 2.62 bits per heavy atom. The molecule has 0 unspecified atom stereocenters. The van der Waals surface area contributed by atoms with E-state index in [4.69, 9.17) is 26.8 Å². The molecule has 0 spiro atoms. The number of halogens is 1. The first-order valence-corrected chi connectivity index (χ1v) is 6.52. The number of methoxy groups -OCH3 is 2. The lowest BCUT2D eigenvalue weighted by molar-refractivity contribution is 0.102.